The van der Waals surface area contributed by atoms with Crippen LogP contribution in [0.4, 0.5) is 0 Å². The van der Waals surface area contributed by atoms with Gasteiger partial charge in [-0.25, -0.2) is 9.59 Å². The Morgan fingerprint density at radius 2 is 0.826 bits per heavy atom. The van der Waals surface area contributed by atoms with E-state index in [9.17, 15) is 19.8 Å². The SMILES string of the molecule is C[Si](C)(Cc1ccccc1)c1cc2ccccc2c(-c2c(C(=O)O)c([Si](C)(C)Cc3ccccc3)cc3ccccc23)c1C(=O)O. The lowest BCUT2D eigenvalue weighted by Gasteiger charge is -2.30. The summed E-state index contributed by atoms with van der Waals surface area (Å²) in [6.45, 7) is 8.84. The minimum absolute atomic E-state index is 0.221. The summed E-state index contributed by atoms with van der Waals surface area (Å²) in [5, 5.41) is 27.2. The molecule has 0 heterocycles. The van der Waals surface area contributed by atoms with Crippen molar-refractivity contribution in [2.45, 2.75) is 38.3 Å². The average Bonchev–Trinajstić information content (AvgIpc) is 3.03. The van der Waals surface area contributed by atoms with E-state index in [4.69, 9.17) is 0 Å². The van der Waals surface area contributed by atoms with Gasteiger partial charge in [-0.15, -0.1) is 0 Å². The molecule has 0 atom stereocenters. The summed E-state index contributed by atoms with van der Waals surface area (Å²) >= 11 is 0. The Labute approximate surface area is 272 Å². The van der Waals surface area contributed by atoms with Crippen LogP contribution in [0.1, 0.15) is 31.8 Å². The number of aromatic carboxylic acids is 2. The van der Waals surface area contributed by atoms with Crippen LogP contribution in [0.25, 0.3) is 32.7 Å². The Hall–Kier alpha value is -4.79. The smallest absolute Gasteiger partial charge is 0.336 e. The molecule has 6 rings (SSSR count). The summed E-state index contributed by atoms with van der Waals surface area (Å²) in [4.78, 5) is 27.2. The van der Waals surface area contributed by atoms with Gasteiger partial charge in [0.2, 0.25) is 0 Å². The summed E-state index contributed by atoms with van der Waals surface area (Å²) < 4.78 is 0. The highest BCUT2D eigenvalue weighted by atomic mass is 28.3. The zero-order valence-electron chi connectivity index (χ0n) is 26.7. The molecule has 0 fully saturated rings. The zero-order chi connectivity index (χ0) is 32.6. The number of benzene rings is 6. The molecule has 0 radical (unpaired) electrons. The zero-order valence-corrected chi connectivity index (χ0v) is 28.7. The summed E-state index contributed by atoms with van der Waals surface area (Å²) in [6, 6.07) is 41.7. The molecule has 6 aromatic carbocycles. The summed E-state index contributed by atoms with van der Waals surface area (Å²) in [6.07, 6.45) is 0. The molecule has 2 N–H and O–H groups in total. The van der Waals surface area contributed by atoms with Crippen LogP contribution in [0, 0.1) is 0 Å². The molecule has 0 aliphatic carbocycles. The van der Waals surface area contributed by atoms with Crippen molar-refractivity contribution in [3.63, 3.8) is 0 Å². The molecular formula is C40H38O4Si2. The number of fused-ring (bicyclic) bond motifs is 2. The monoisotopic (exact) mass is 638 g/mol. The summed E-state index contributed by atoms with van der Waals surface area (Å²) in [5.41, 5.74) is 3.79. The quantitative estimate of drug-likeness (QED) is 0.156. The van der Waals surface area contributed by atoms with Crippen molar-refractivity contribution in [3.05, 3.63) is 144 Å². The van der Waals surface area contributed by atoms with Crippen LogP contribution < -0.4 is 10.4 Å². The Kier molecular flexibility index (Phi) is 8.27. The van der Waals surface area contributed by atoms with Crippen molar-refractivity contribution in [3.8, 4) is 11.1 Å². The number of carboxylic acid groups (broad SMARTS) is 2. The third-order valence-electron chi connectivity index (χ3n) is 9.21. The minimum atomic E-state index is -2.44. The number of carboxylic acids is 2. The molecule has 0 saturated heterocycles. The fourth-order valence-corrected chi connectivity index (χ4v) is 12.9. The van der Waals surface area contributed by atoms with Crippen molar-refractivity contribution < 1.29 is 19.8 Å². The average molecular weight is 639 g/mol. The third-order valence-corrected chi connectivity index (χ3v) is 15.5. The van der Waals surface area contributed by atoms with E-state index < -0.39 is 28.1 Å². The van der Waals surface area contributed by atoms with Gasteiger partial charge in [-0.1, -0.05) is 159 Å². The number of carbonyl (C=O) groups is 2. The predicted molar refractivity (Wildman–Crippen MR) is 195 cm³/mol. The van der Waals surface area contributed by atoms with Crippen molar-refractivity contribution in [1.29, 1.82) is 0 Å². The maximum absolute atomic E-state index is 13.6. The van der Waals surface area contributed by atoms with Gasteiger partial charge in [0.25, 0.3) is 0 Å². The summed E-state index contributed by atoms with van der Waals surface area (Å²) in [5.74, 6) is -2.06. The second-order valence-electron chi connectivity index (χ2n) is 13.5. The molecule has 0 aliphatic rings. The van der Waals surface area contributed by atoms with E-state index in [1.165, 1.54) is 0 Å². The second-order valence-corrected chi connectivity index (χ2v) is 22.8. The van der Waals surface area contributed by atoms with Crippen LogP contribution >= 0.6 is 0 Å². The topological polar surface area (TPSA) is 74.6 Å². The molecular weight excluding hydrogens is 601 g/mol. The first-order valence-corrected chi connectivity index (χ1v) is 22.1. The van der Waals surface area contributed by atoms with Crippen LogP contribution in [-0.4, -0.2) is 38.3 Å². The number of hydrogen-bond acceptors (Lipinski definition) is 2. The van der Waals surface area contributed by atoms with Crippen molar-refractivity contribution >= 4 is 60.0 Å². The Bertz CT molecular complexity index is 1950. The molecule has 0 saturated carbocycles. The predicted octanol–water partition coefficient (Wildman–Crippen LogP) is 8.45. The van der Waals surface area contributed by atoms with E-state index >= 15 is 0 Å². The normalized spacial score (nSPS) is 12.0. The van der Waals surface area contributed by atoms with Gasteiger partial charge in [0.05, 0.1) is 27.3 Å². The molecule has 230 valence electrons. The molecule has 4 nitrogen and oxygen atoms in total. The van der Waals surface area contributed by atoms with E-state index in [0.717, 1.165) is 55.1 Å². The Balaban J connectivity index is 1.74. The van der Waals surface area contributed by atoms with Gasteiger partial charge < -0.3 is 10.2 Å². The maximum Gasteiger partial charge on any atom is 0.336 e. The van der Waals surface area contributed by atoms with Crippen LogP contribution in [0.15, 0.2) is 121 Å². The molecule has 0 bridgehead atoms. The third kappa shape index (κ3) is 5.82. The summed E-state index contributed by atoms with van der Waals surface area (Å²) in [7, 11) is -4.88. The number of hydrogen-bond donors (Lipinski definition) is 2. The molecule has 6 heteroatoms. The lowest BCUT2D eigenvalue weighted by atomic mass is 9.87. The molecule has 0 aliphatic heterocycles. The Morgan fingerprint density at radius 3 is 1.17 bits per heavy atom. The number of rotatable bonds is 9. The van der Waals surface area contributed by atoms with Crippen LogP contribution in [-0.2, 0) is 12.1 Å². The van der Waals surface area contributed by atoms with Gasteiger partial charge in [0.1, 0.15) is 0 Å². The highest BCUT2D eigenvalue weighted by molar-refractivity contribution is 6.91. The standard InChI is InChI=1S/C40H38O4Si2/c1-45(2,25-27-15-7-5-8-16-27)33-23-29-19-11-13-21-31(29)35(37(33)39(41)42)36-32-22-14-12-20-30(32)24-34(38(36)40(43)44)46(3,4)26-28-17-9-6-10-18-28/h5-24H,25-26H2,1-4H3,(H,41,42)(H,43,44). The molecule has 0 amide bonds. The van der Waals surface area contributed by atoms with Gasteiger partial charge in [0.15, 0.2) is 0 Å². The van der Waals surface area contributed by atoms with Crippen LogP contribution in [0.2, 0.25) is 26.2 Å². The van der Waals surface area contributed by atoms with Gasteiger partial charge >= 0.3 is 11.9 Å². The van der Waals surface area contributed by atoms with Gasteiger partial charge in [-0.05, 0) is 44.0 Å². The first kappa shape index (κ1) is 31.2. The van der Waals surface area contributed by atoms with Crippen LogP contribution in [0.5, 0.6) is 0 Å². The highest BCUT2D eigenvalue weighted by Gasteiger charge is 2.36. The highest BCUT2D eigenvalue weighted by Crippen LogP contribution is 2.40. The van der Waals surface area contributed by atoms with Crippen molar-refractivity contribution in [2.24, 2.45) is 0 Å². The van der Waals surface area contributed by atoms with Gasteiger partial charge in [-0.3, -0.25) is 0 Å². The molecule has 0 spiro atoms. The molecule has 0 unspecified atom stereocenters. The lowest BCUT2D eigenvalue weighted by molar-refractivity contribution is 0.0686. The minimum Gasteiger partial charge on any atom is -0.478 e. The first-order chi connectivity index (χ1) is 22.0. The second kappa shape index (κ2) is 12.2. The van der Waals surface area contributed by atoms with E-state index in [1.54, 1.807) is 0 Å². The molecule has 0 aromatic heterocycles. The first-order valence-electron chi connectivity index (χ1n) is 15.7. The van der Waals surface area contributed by atoms with Crippen molar-refractivity contribution in [1.82, 2.24) is 0 Å². The molecule has 6 aromatic rings. The van der Waals surface area contributed by atoms with Gasteiger partial charge in [-0.2, -0.15) is 0 Å². The fraction of sp³-hybridized carbons (Fsp3) is 0.150. The fourth-order valence-electron chi connectivity index (χ4n) is 7.13. The van der Waals surface area contributed by atoms with Crippen LogP contribution in [0.3, 0.4) is 0 Å². The van der Waals surface area contributed by atoms with Gasteiger partial charge in [0, 0.05) is 11.1 Å². The van der Waals surface area contributed by atoms with E-state index in [1.807, 2.05) is 84.9 Å². The van der Waals surface area contributed by atoms with E-state index in [-0.39, 0.29) is 11.1 Å². The lowest BCUT2D eigenvalue weighted by Crippen LogP contribution is -2.48. The Morgan fingerprint density at radius 1 is 0.500 bits per heavy atom. The molecule has 46 heavy (non-hydrogen) atoms. The largest absolute Gasteiger partial charge is 0.478 e. The van der Waals surface area contributed by atoms with E-state index in [0.29, 0.717) is 11.1 Å². The maximum atomic E-state index is 13.6. The van der Waals surface area contributed by atoms with E-state index in [2.05, 4.69) is 62.6 Å². The van der Waals surface area contributed by atoms with Crippen molar-refractivity contribution in [2.75, 3.05) is 0 Å².